The third kappa shape index (κ3) is 2.99. The molecule has 0 aliphatic carbocycles. The zero-order valence-electron chi connectivity index (χ0n) is 14.4. The summed E-state index contributed by atoms with van der Waals surface area (Å²) in [5.41, 5.74) is 8.48. The Hall–Kier alpha value is -3.35. The standard InChI is InChI=1S/C19H19N5O2/c1-2-24-17(14-9-6-11-25-14)21-15-16(20)22-19(23-18(15)24)26-12-10-13-7-4-3-5-8-13/h3-9,11H,2,10,12H2,1H3,(H2,20,22,23). The van der Waals surface area contributed by atoms with Gasteiger partial charge in [0.25, 0.3) is 0 Å². The van der Waals surface area contributed by atoms with Gasteiger partial charge in [-0.3, -0.25) is 0 Å². The van der Waals surface area contributed by atoms with E-state index in [-0.39, 0.29) is 6.01 Å². The molecule has 0 unspecified atom stereocenters. The summed E-state index contributed by atoms with van der Waals surface area (Å²) in [4.78, 5) is 13.3. The van der Waals surface area contributed by atoms with E-state index in [1.165, 1.54) is 5.56 Å². The first-order chi connectivity index (χ1) is 12.8. The van der Waals surface area contributed by atoms with Gasteiger partial charge in [0.2, 0.25) is 0 Å². The smallest absolute Gasteiger partial charge is 0.320 e. The van der Waals surface area contributed by atoms with Gasteiger partial charge in [-0.1, -0.05) is 30.3 Å². The number of imidazole rings is 1. The van der Waals surface area contributed by atoms with Gasteiger partial charge in [0, 0.05) is 13.0 Å². The molecule has 0 saturated heterocycles. The quantitative estimate of drug-likeness (QED) is 0.574. The van der Waals surface area contributed by atoms with Gasteiger partial charge in [-0.25, -0.2) is 4.98 Å². The van der Waals surface area contributed by atoms with Crippen LogP contribution in [0.1, 0.15) is 12.5 Å². The number of furan rings is 1. The van der Waals surface area contributed by atoms with Crippen LogP contribution in [-0.2, 0) is 13.0 Å². The van der Waals surface area contributed by atoms with E-state index in [4.69, 9.17) is 14.9 Å². The van der Waals surface area contributed by atoms with Gasteiger partial charge in [0.05, 0.1) is 12.9 Å². The highest BCUT2D eigenvalue weighted by molar-refractivity contribution is 5.85. The molecule has 0 saturated carbocycles. The van der Waals surface area contributed by atoms with E-state index >= 15 is 0 Å². The molecule has 0 atom stereocenters. The Morgan fingerprint density at radius 2 is 1.92 bits per heavy atom. The van der Waals surface area contributed by atoms with E-state index in [1.807, 2.05) is 41.8 Å². The minimum Gasteiger partial charge on any atom is -0.463 e. The molecule has 4 rings (SSSR count). The second-order valence-corrected chi connectivity index (χ2v) is 5.80. The zero-order valence-corrected chi connectivity index (χ0v) is 14.4. The number of rotatable bonds is 6. The van der Waals surface area contributed by atoms with Gasteiger partial charge in [-0.05, 0) is 24.6 Å². The zero-order chi connectivity index (χ0) is 17.9. The number of fused-ring (bicyclic) bond motifs is 1. The molecule has 7 heteroatoms. The number of hydrogen-bond acceptors (Lipinski definition) is 6. The molecule has 7 nitrogen and oxygen atoms in total. The number of ether oxygens (including phenoxy) is 1. The van der Waals surface area contributed by atoms with Gasteiger partial charge in [-0.15, -0.1) is 0 Å². The molecule has 1 aromatic carbocycles. The van der Waals surface area contributed by atoms with Crippen molar-refractivity contribution in [3.8, 4) is 17.6 Å². The van der Waals surface area contributed by atoms with Crippen LogP contribution in [0.25, 0.3) is 22.7 Å². The number of nitrogen functional groups attached to an aromatic ring is 1. The maximum atomic E-state index is 6.09. The maximum Gasteiger partial charge on any atom is 0.320 e. The number of nitrogens with two attached hydrogens (primary N) is 1. The topological polar surface area (TPSA) is 92.0 Å². The molecule has 0 fully saturated rings. The van der Waals surface area contributed by atoms with E-state index in [9.17, 15) is 0 Å². The first kappa shape index (κ1) is 16.1. The molecule has 2 N–H and O–H groups in total. The molecule has 0 aliphatic heterocycles. The molecule has 132 valence electrons. The highest BCUT2D eigenvalue weighted by atomic mass is 16.5. The first-order valence-electron chi connectivity index (χ1n) is 8.50. The minimum atomic E-state index is 0.256. The first-order valence-corrected chi connectivity index (χ1v) is 8.50. The van der Waals surface area contributed by atoms with Crippen LogP contribution in [-0.4, -0.2) is 26.1 Å². The molecular formula is C19H19N5O2. The van der Waals surface area contributed by atoms with Crippen LogP contribution < -0.4 is 10.5 Å². The Morgan fingerprint density at radius 3 is 2.65 bits per heavy atom. The summed E-state index contributed by atoms with van der Waals surface area (Å²) in [6.45, 7) is 3.16. The highest BCUT2D eigenvalue weighted by Gasteiger charge is 2.18. The van der Waals surface area contributed by atoms with E-state index < -0.39 is 0 Å². The Kier molecular flexibility index (Phi) is 4.27. The average Bonchev–Trinajstić information content (AvgIpc) is 3.30. The van der Waals surface area contributed by atoms with Crippen molar-refractivity contribution >= 4 is 17.0 Å². The summed E-state index contributed by atoms with van der Waals surface area (Å²) >= 11 is 0. The summed E-state index contributed by atoms with van der Waals surface area (Å²) in [5.74, 6) is 1.63. The van der Waals surface area contributed by atoms with Crippen molar-refractivity contribution in [2.24, 2.45) is 0 Å². The van der Waals surface area contributed by atoms with Gasteiger partial charge in [0.1, 0.15) is 0 Å². The van der Waals surface area contributed by atoms with Crippen LogP contribution in [0.5, 0.6) is 6.01 Å². The van der Waals surface area contributed by atoms with Crippen LogP contribution in [0.2, 0.25) is 0 Å². The SMILES string of the molecule is CCn1c(-c2ccco2)nc2c(N)nc(OCCc3ccccc3)nc21. The van der Waals surface area contributed by atoms with Gasteiger partial charge in [0.15, 0.2) is 28.6 Å². The molecule has 0 spiro atoms. The Morgan fingerprint density at radius 1 is 1.08 bits per heavy atom. The van der Waals surface area contributed by atoms with Crippen LogP contribution in [0, 0.1) is 0 Å². The molecule has 0 radical (unpaired) electrons. The lowest BCUT2D eigenvalue weighted by Crippen LogP contribution is -2.07. The predicted octanol–water partition coefficient (Wildman–Crippen LogP) is 3.31. The van der Waals surface area contributed by atoms with Gasteiger partial charge < -0.3 is 19.5 Å². The van der Waals surface area contributed by atoms with Crippen molar-refractivity contribution < 1.29 is 9.15 Å². The lowest BCUT2D eigenvalue weighted by molar-refractivity contribution is 0.297. The largest absolute Gasteiger partial charge is 0.463 e. The van der Waals surface area contributed by atoms with E-state index in [2.05, 4.69) is 27.1 Å². The number of nitrogens with zero attached hydrogens (tertiary/aromatic N) is 4. The molecule has 0 bridgehead atoms. The highest BCUT2D eigenvalue weighted by Crippen LogP contribution is 2.27. The van der Waals surface area contributed by atoms with Crippen molar-refractivity contribution in [3.63, 3.8) is 0 Å². The monoisotopic (exact) mass is 349 g/mol. The van der Waals surface area contributed by atoms with Crippen molar-refractivity contribution in [3.05, 3.63) is 54.3 Å². The van der Waals surface area contributed by atoms with E-state index in [1.54, 1.807) is 6.26 Å². The average molecular weight is 349 g/mol. The van der Waals surface area contributed by atoms with Gasteiger partial charge in [-0.2, -0.15) is 9.97 Å². The number of benzene rings is 1. The Labute approximate surface area is 150 Å². The molecule has 26 heavy (non-hydrogen) atoms. The minimum absolute atomic E-state index is 0.256. The predicted molar refractivity (Wildman–Crippen MR) is 98.8 cm³/mol. The third-order valence-electron chi connectivity index (χ3n) is 4.12. The third-order valence-corrected chi connectivity index (χ3v) is 4.12. The molecule has 3 heterocycles. The van der Waals surface area contributed by atoms with Crippen LogP contribution in [0.3, 0.4) is 0 Å². The van der Waals surface area contributed by atoms with E-state index in [0.717, 1.165) is 6.42 Å². The second kappa shape index (κ2) is 6.87. The second-order valence-electron chi connectivity index (χ2n) is 5.80. The maximum absolute atomic E-state index is 6.09. The van der Waals surface area contributed by atoms with Crippen molar-refractivity contribution in [1.82, 2.24) is 19.5 Å². The fourth-order valence-corrected chi connectivity index (χ4v) is 2.86. The fourth-order valence-electron chi connectivity index (χ4n) is 2.86. The summed E-state index contributed by atoms with van der Waals surface area (Å²) in [6.07, 6.45) is 2.38. The molecule has 3 aromatic heterocycles. The summed E-state index contributed by atoms with van der Waals surface area (Å²) in [7, 11) is 0. The summed E-state index contributed by atoms with van der Waals surface area (Å²) < 4.78 is 13.1. The summed E-state index contributed by atoms with van der Waals surface area (Å²) in [5, 5.41) is 0. The number of hydrogen-bond donors (Lipinski definition) is 1. The molecule has 0 aliphatic rings. The number of aromatic nitrogens is 4. The van der Waals surface area contributed by atoms with Crippen LogP contribution >= 0.6 is 0 Å². The fraction of sp³-hybridized carbons (Fsp3) is 0.211. The number of aryl methyl sites for hydroxylation is 1. The van der Waals surface area contributed by atoms with E-state index in [0.29, 0.717) is 41.7 Å². The normalized spacial score (nSPS) is 11.1. The van der Waals surface area contributed by atoms with Crippen LogP contribution in [0.4, 0.5) is 5.82 Å². The lowest BCUT2D eigenvalue weighted by Gasteiger charge is -2.07. The Balaban J connectivity index is 1.63. The molecule has 4 aromatic rings. The van der Waals surface area contributed by atoms with Crippen molar-refractivity contribution in [2.45, 2.75) is 19.9 Å². The molecular weight excluding hydrogens is 330 g/mol. The lowest BCUT2D eigenvalue weighted by atomic mass is 10.2. The Bertz CT molecular complexity index is 1010. The van der Waals surface area contributed by atoms with Crippen molar-refractivity contribution in [2.75, 3.05) is 12.3 Å². The molecule has 0 amide bonds. The van der Waals surface area contributed by atoms with Crippen LogP contribution in [0.15, 0.2) is 53.1 Å². The number of anilines is 1. The van der Waals surface area contributed by atoms with Gasteiger partial charge >= 0.3 is 6.01 Å². The van der Waals surface area contributed by atoms with Crippen molar-refractivity contribution in [1.29, 1.82) is 0 Å². The summed E-state index contributed by atoms with van der Waals surface area (Å²) in [6, 6.07) is 14.1.